The van der Waals surface area contributed by atoms with Gasteiger partial charge in [0.05, 0.1) is 37.1 Å². The minimum atomic E-state index is -0.607. The molecule has 9 heteroatoms. The highest BCUT2D eigenvalue weighted by Gasteiger charge is 2.33. The van der Waals surface area contributed by atoms with Crippen molar-refractivity contribution in [2.75, 3.05) is 18.5 Å². The highest BCUT2D eigenvalue weighted by Crippen LogP contribution is 2.21. The largest absolute Gasteiger partial charge is 0.459 e. The second kappa shape index (κ2) is 7.12. The molecule has 1 aliphatic rings. The smallest absolute Gasteiger partial charge is 0.293 e. The van der Waals surface area contributed by atoms with E-state index in [2.05, 4.69) is 10.3 Å². The lowest BCUT2D eigenvalue weighted by Crippen LogP contribution is -2.39. The Bertz CT molecular complexity index is 715. The van der Waals surface area contributed by atoms with Gasteiger partial charge in [0.25, 0.3) is 5.91 Å². The number of rotatable bonds is 5. The van der Waals surface area contributed by atoms with Crippen molar-refractivity contribution in [1.82, 2.24) is 9.88 Å². The molecule has 128 valence electrons. The topological polar surface area (TPSA) is 116 Å². The van der Waals surface area contributed by atoms with Crippen LogP contribution in [0.2, 0.25) is 0 Å². The summed E-state index contributed by atoms with van der Waals surface area (Å²) in [7, 11) is 0. The van der Waals surface area contributed by atoms with Crippen LogP contribution >= 0.6 is 11.3 Å². The number of hydrogen-bond acceptors (Lipinski definition) is 7. The average Bonchev–Trinajstić information content (AvgIpc) is 3.27. The molecule has 0 aliphatic carbocycles. The summed E-state index contributed by atoms with van der Waals surface area (Å²) in [5.41, 5.74) is 0.526. The molecule has 2 atom stereocenters. The third kappa shape index (κ3) is 3.64. The summed E-state index contributed by atoms with van der Waals surface area (Å²) in [4.78, 5) is 29.9. The third-order valence-electron chi connectivity index (χ3n) is 3.77. The molecule has 0 saturated carbocycles. The van der Waals surface area contributed by atoms with Gasteiger partial charge in [-0.15, -0.1) is 11.3 Å². The molecule has 1 aliphatic heterocycles. The number of β-amino-alcohol motifs (C(OH)–C–C–N with tert-alkyl or cyclic N) is 1. The minimum Gasteiger partial charge on any atom is -0.459 e. The van der Waals surface area contributed by atoms with Crippen LogP contribution in [0.25, 0.3) is 0 Å². The second-order valence-electron chi connectivity index (χ2n) is 5.52. The second-order valence-corrected chi connectivity index (χ2v) is 6.38. The lowest BCUT2D eigenvalue weighted by Gasteiger charge is -2.22. The van der Waals surface area contributed by atoms with E-state index in [9.17, 15) is 19.8 Å². The zero-order chi connectivity index (χ0) is 17.1. The maximum Gasteiger partial charge on any atom is 0.293 e. The summed E-state index contributed by atoms with van der Waals surface area (Å²) >= 11 is 1.21. The fourth-order valence-corrected chi connectivity index (χ4v) is 3.34. The van der Waals surface area contributed by atoms with Gasteiger partial charge < -0.3 is 19.5 Å². The Morgan fingerprint density at radius 1 is 1.50 bits per heavy atom. The molecule has 1 saturated heterocycles. The van der Waals surface area contributed by atoms with E-state index in [1.54, 1.807) is 17.5 Å². The molecule has 0 unspecified atom stereocenters. The molecule has 2 amide bonds. The van der Waals surface area contributed by atoms with Gasteiger partial charge in [0.1, 0.15) is 0 Å². The molecule has 0 bridgehead atoms. The molecule has 8 nitrogen and oxygen atoms in total. The number of amides is 2. The van der Waals surface area contributed by atoms with Crippen molar-refractivity contribution in [2.45, 2.75) is 25.0 Å². The molecule has 2 aromatic heterocycles. The van der Waals surface area contributed by atoms with E-state index in [-0.39, 0.29) is 37.3 Å². The van der Waals surface area contributed by atoms with Gasteiger partial charge in [-0.3, -0.25) is 14.9 Å². The first-order valence-corrected chi connectivity index (χ1v) is 8.32. The number of thiazole rings is 1. The molecule has 3 heterocycles. The van der Waals surface area contributed by atoms with E-state index in [0.29, 0.717) is 17.2 Å². The number of aromatic nitrogens is 1. The summed E-state index contributed by atoms with van der Waals surface area (Å²) in [6.45, 7) is 0.0423. The van der Waals surface area contributed by atoms with Crippen LogP contribution in [0.5, 0.6) is 0 Å². The van der Waals surface area contributed by atoms with Crippen LogP contribution in [-0.4, -0.2) is 57.2 Å². The van der Waals surface area contributed by atoms with Crippen LogP contribution in [0.3, 0.4) is 0 Å². The van der Waals surface area contributed by atoms with Crippen molar-refractivity contribution >= 4 is 28.3 Å². The molecule has 2 aromatic rings. The number of aliphatic hydroxyl groups is 2. The molecule has 1 fully saturated rings. The van der Waals surface area contributed by atoms with Crippen LogP contribution in [0, 0.1) is 0 Å². The molecule has 3 rings (SSSR count). The first-order chi connectivity index (χ1) is 11.6. The predicted octanol–water partition coefficient (Wildman–Crippen LogP) is 0.485. The molecular formula is C15H17N3O5S. The Morgan fingerprint density at radius 3 is 3.04 bits per heavy atom. The number of nitrogens with one attached hydrogen (secondary N) is 1. The van der Waals surface area contributed by atoms with Crippen LogP contribution in [0.1, 0.15) is 22.7 Å². The monoisotopic (exact) mass is 351 g/mol. The van der Waals surface area contributed by atoms with Gasteiger partial charge >= 0.3 is 0 Å². The van der Waals surface area contributed by atoms with Crippen LogP contribution in [0.15, 0.2) is 28.2 Å². The van der Waals surface area contributed by atoms with E-state index >= 15 is 0 Å². The number of carbonyl (C=O) groups excluding carboxylic acids is 2. The van der Waals surface area contributed by atoms with Gasteiger partial charge in [0.2, 0.25) is 5.91 Å². The maximum absolute atomic E-state index is 12.3. The Labute approximate surface area is 141 Å². The quantitative estimate of drug-likeness (QED) is 0.722. The number of furan rings is 1. The van der Waals surface area contributed by atoms with E-state index in [4.69, 9.17) is 4.42 Å². The molecule has 0 aromatic carbocycles. The van der Waals surface area contributed by atoms with Gasteiger partial charge in [-0.2, -0.15) is 0 Å². The predicted molar refractivity (Wildman–Crippen MR) is 85.7 cm³/mol. The van der Waals surface area contributed by atoms with Crippen molar-refractivity contribution in [3.05, 3.63) is 35.2 Å². The van der Waals surface area contributed by atoms with Crippen LogP contribution < -0.4 is 5.32 Å². The number of aliphatic hydroxyl groups excluding tert-OH is 2. The summed E-state index contributed by atoms with van der Waals surface area (Å²) in [6, 6.07) is 2.80. The van der Waals surface area contributed by atoms with E-state index in [0.717, 1.165) is 0 Å². The summed E-state index contributed by atoms with van der Waals surface area (Å²) < 4.78 is 5.00. The fourth-order valence-electron chi connectivity index (χ4n) is 2.64. The average molecular weight is 351 g/mol. The van der Waals surface area contributed by atoms with Crippen molar-refractivity contribution in [1.29, 1.82) is 0 Å². The van der Waals surface area contributed by atoms with Gasteiger partial charge in [-0.1, -0.05) is 0 Å². The number of likely N-dealkylation sites (tertiary alicyclic amines) is 1. The molecule has 0 spiro atoms. The molecule has 24 heavy (non-hydrogen) atoms. The number of anilines is 1. The van der Waals surface area contributed by atoms with Crippen molar-refractivity contribution < 1.29 is 24.2 Å². The Kier molecular flexibility index (Phi) is 4.93. The first kappa shape index (κ1) is 16.6. The summed E-state index contributed by atoms with van der Waals surface area (Å²) in [5, 5.41) is 23.6. The van der Waals surface area contributed by atoms with Crippen LogP contribution in [-0.2, 0) is 11.2 Å². The standard InChI is InChI=1S/C15H17N3O5S/c19-7-10-5-11(20)6-18(10)13(21)4-9-8-24-15(16-9)17-14(22)12-2-1-3-23-12/h1-3,8,10-11,19-20H,4-7H2,(H,16,17,22)/t10-,11-/m0/s1. The Balaban J connectivity index is 1.59. The Hall–Kier alpha value is -2.23. The molecule has 3 N–H and O–H groups in total. The molecule has 0 radical (unpaired) electrons. The Morgan fingerprint density at radius 2 is 2.33 bits per heavy atom. The lowest BCUT2D eigenvalue weighted by molar-refractivity contribution is -0.132. The minimum absolute atomic E-state index is 0.0519. The van der Waals surface area contributed by atoms with E-state index in [1.165, 1.54) is 22.5 Å². The fraction of sp³-hybridized carbons (Fsp3) is 0.400. The third-order valence-corrected chi connectivity index (χ3v) is 4.58. The maximum atomic E-state index is 12.3. The zero-order valence-corrected chi connectivity index (χ0v) is 13.5. The number of nitrogens with zero attached hydrogens (tertiary/aromatic N) is 2. The number of carbonyl (C=O) groups is 2. The van der Waals surface area contributed by atoms with E-state index < -0.39 is 12.0 Å². The molecular weight excluding hydrogens is 334 g/mol. The SMILES string of the molecule is O=C(Nc1nc(CC(=O)N2C[C@@H](O)C[C@H]2CO)cs1)c1ccco1. The van der Waals surface area contributed by atoms with Crippen molar-refractivity contribution in [3.8, 4) is 0 Å². The van der Waals surface area contributed by atoms with E-state index in [1.807, 2.05) is 0 Å². The number of hydrogen-bond donors (Lipinski definition) is 3. The highest BCUT2D eigenvalue weighted by molar-refractivity contribution is 7.14. The summed E-state index contributed by atoms with van der Waals surface area (Å²) in [5.74, 6) is -0.435. The van der Waals surface area contributed by atoms with Crippen LogP contribution in [0.4, 0.5) is 5.13 Å². The first-order valence-electron chi connectivity index (χ1n) is 7.44. The van der Waals surface area contributed by atoms with Gasteiger partial charge in [-0.05, 0) is 18.6 Å². The van der Waals surface area contributed by atoms with Crippen molar-refractivity contribution in [3.63, 3.8) is 0 Å². The zero-order valence-electron chi connectivity index (χ0n) is 12.7. The highest BCUT2D eigenvalue weighted by atomic mass is 32.1. The normalized spacial score (nSPS) is 20.3. The van der Waals surface area contributed by atoms with Gasteiger partial charge in [0.15, 0.2) is 10.9 Å². The van der Waals surface area contributed by atoms with Gasteiger partial charge in [0, 0.05) is 11.9 Å². The summed E-state index contributed by atoms with van der Waals surface area (Å²) in [6.07, 6.45) is 1.23. The van der Waals surface area contributed by atoms with Gasteiger partial charge in [-0.25, -0.2) is 4.98 Å². The lowest BCUT2D eigenvalue weighted by atomic mass is 10.2. The van der Waals surface area contributed by atoms with Crippen molar-refractivity contribution in [2.24, 2.45) is 0 Å².